The quantitative estimate of drug-likeness (QED) is 0.462. The third-order valence-electron chi connectivity index (χ3n) is 3.88. The zero-order valence-corrected chi connectivity index (χ0v) is 15.5. The Balaban J connectivity index is 2.48. The molecule has 1 N–H and O–H groups in total. The predicted molar refractivity (Wildman–Crippen MR) is 96.2 cm³/mol. The summed E-state index contributed by atoms with van der Waals surface area (Å²) >= 11 is 0. The standard InChI is InChI=1S/C18H29NO4S/c1-3-4-5-9-14-17(18(20)23-2)19-24(21,22)15-10-13-16-11-7-6-8-12-16/h6-8,11-12,17,19H,3-5,9-10,13-15H2,1-2H3. The number of rotatable bonds is 12. The van der Waals surface area contributed by atoms with Gasteiger partial charge in [-0.2, -0.15) is 0 Å². The van der Waals surface area contributed by atoms with E-state index in [4.69, 9.17) is 4.74 Å². The molecule has 1 aromatic rings. The molecule has 0 amide bonds. The Labute approximate surface area is 145 Å². The Morgan fingerprint density at radius 2 is 1.83 bits per heavy atom. The average molecular weight is 356 g/mol. The minimum atomic E-state index is -3.50. The van der Waals surface area contributed by atoms with E-state index >= 15 is 0 Å². The summed E-state index contributed by atoms with van der Waals surface area (Å²) < 4.78 is 31.7. The first-order valence-corrected chi connectivity index (χ1v) is 10.3. The predicted octanol–water partition coefficient (Wildman–Crippen LogP) is 3.05. The molecular weight excluding hydrogens is 326 g/mol. The molecule has 0 aliphatic carbocycles. The van der Waals surface area contributed by atoms with E-state index in [0.29, 0.717) is 19.3 Å². The van der Waals surface area contributed by atoms with Gasteiger partial charge in [0, 0.05) is 0 Å². The van der Waals surface area contributed by atoms with Crippen LogP contribution in [-0.2, 0) is 26.0 Å². The summed E-state index contributed by atoms with van der Waals surface area (Å²) in [5.74, 6) is -0.511. The van der Waals surface area contributed by atoms with Gasteiger partial charge in [0.2, 0.25) is 10.0 Å². The molecule has 0 bridgehead atoms. The van der Waals surface area contributed by atoms with Crippen molar-refractivity contribution >= 4 is 16.0 Å². The van der Waals surface area contributed by atoms with E-state index in [0.717, 1.165) is 31.2 Å². The molecule has 0 saturated heterocycles. The number of sulfonamides is 1. The summed E-state index contributed by atoms with van der Waals surface area (Å²) in [6.07, 6.45) is 5.65. The van der Waals surface area contributed by atoms with Crippen LogP contribution in [0.25, 0.3) is 0 Å². The number of unbranched alkanes of at least 4 members (excludes halogenated alkanes) is 3. The van der Waals surface area contributed by atoms with Crippen LogP contribution in [0.15, 0.2) is 30.3 Å². The maximum absolute atomic E-state index is 12.2. The van der Waals surface area contributed by atoms with E-state index in [1.807, 2.05) is 30.3 Å². The number of esters is 1. The summed E-state index contributed by atoms with van der Waals surface area (Å²) in [4.78, 5) is 11.8. The third kappa shape index (κ3) is 8.45. The van der Waals surface area contributed by atoms with Crippen molar-refractivity contribution in [3.63, 3.8) is 0 Å². The van der Waals surface area contributed by atoms with Gasteiger partial charge in [0.25, 0.3) is 0 Å². The van der Waals surface area contributed by atoms with E-state index < -0.39 is 22.0 Å². The Kier molecular flexibility index (Phi) is 9.64. The monoisotopic (exact) mass is 355 g/mol. The van der Waals surface area contributed by atoms with E-state index in [1.165, 1.54) is 7.11 Å². The van der Waals surface area contributed by atoms with E-state index in [9.17, 15) is 13.2 Å². The molecular formula is C18H29NO4S. The number of ether oxygens (including phenoxy) is 1. The Morgan fingerprint density at radius 3 is 2.46 bits per heavy atom. The second-order valence-electron chi connectivity index (χ2n) is 5.95. The molecule has 0 radical (unpaired) electrons. The van der Waals surface area contributed by atoms with Crippen molar-refractivity contribution in [2.24, 2.45) is 0 Å². The molecule has 0 fully saturated rings. The summed E-state index contributed by atoms with van der Waals surface area (Å²) in [5.41, 5.74) is 1.11. The van der Waals surface area contributed by atoms with Gasteiger partial charge in [-0.25, -0.2) is 13.1 Å². The number of hydrogen-bond donors (Lipinski definition) is 1. The molecule has 136 valence electrons. The molecule has 0 spiro atoms. The van der Waals surface area contributed by atoms with Gasteiger partial charge in [0.1, 0.15) is 6.04 Å². The zero-order valence-electron chi connectivity index (χ0n) is 14.7. The average Bonchev–Trinajstić information content (AvgIpc) is 2.57. The molecule has 5 nitrogen and oxygen atoms in total. The van der Waals surface area contributed by atoms with Gasteiger partial charge in [-0.05, 0) is 24.8 Å². The number of carbonyl (C=O) groups is 1. The summed E-state index contributed by atoms with van der Waals surface area (Å²) in [6, 6.07) is 8.97. The summed E-state index contributed by atoms with van der Waals surface area (Å²) in [5, 5.41) is 0. The van der Waals surface area contributed by atoms with Crippen LogP contribution in [0, 0.1) is 0 Å². The van der Waals surface area contributed by atoms with Gasteiger partial charge >= 0.3 is 5.97 Å². The first kappa shape index (κ1) is 20.6. The van der Waals surface area contributed by atoms with Crippen molar-refractivity contribution in [3.8, 4) is 0 Å². The highest BCUT2D eigenvalue weighted by atomic mass is 32.2. The van der Waals surface area contributed by atoms with Crippen LogP contribution in [0.4, 0.5) is 0 Å². The van der Waals surface area contributed by atoms with Crippen LogP contribution in [0.5, 0.6) is 0 Å². The number of hydrogen-bond acceptors (Lipinski definition) is 4. The van der Waals surface area contributed by atoms with Crippen molar-refractivity contribution in [1.29, 1.82) is 0 Å². The van der Waals surface area contributed by atoms with Gasteiger partial charge in [-0.1, -0.05) is 62.9 Å². The van der Waals surface area contributed by atoms with Crippen molar-refractivity contribution in [2.45, 2.75) is 57.9 Å². The van der Waals surface area contributed by atoms with Crippen molar-refractivity contribution in [1.82, 2.24) is 4.72 Å². The lowest BCUT2D eigenvalue weighted by atomic mass is 10.1. The van der Waals surface area contributed by atoms with E-state index in [2.05, 4.69) is 11.6 Å². The van der Waals surface area contributed by atoms with Crippen molar-refractivity contribution in [3.05, 3.63) is 35.9 Å². The molecule has 1 aromatic carbocycles. The fourth-order valence-electron chi connectivity index (χ4n) is 2.53. The zero-order chi connectivity index (χ0) is 17.8. The molecule has 0 heterocycles. The molecule has 0 aliphatic heterocycles. The van der Waals surface area contributed by atoms with Crippen LogP contribution < -0.4 is 4.72 Å². The Morgan fingerprint density at radius 1 is 1.12 bits per heavy atom. The molecule has 0 aromatic heterocycles. The Hall–Kier alpha value is -1.40. The van der Waals surface area contributed by atoms with Gasteiger partial charge in [-0.3, -0.25) is 4.79 Å². The maximum atomic E-state index is 12.2. The third-order valence-corrected chi connectivity index (χ3v) is 5.34. The minimum absolute atomic E-state index is 0.00431. The van der Waals surface area contributed by atoms with Crippen LogP contribution in [-0.4, -0.2) is 33.3 Å². The molecule has 6 heteroatoms. The highest BCUT2D eigenvalue weighted by molar-refractivity contribution is 7.89. The molecule has 1 atom stereocenters. The van der Waals surface area contributed by atoms with Gasteiger partial charge in [0.15, 0.2) is 0 Å². The topological polar surface area (TPSA) is 72.5 Å². The number of benzene rings is 1. The summed E-state index contributed by atoms with van der Waals surface area (Å²) in [6.45, 7) is 2.10. The Bertz CT molecular complexity index is 572. The van der Waals surface area contributed by atoms with Gasteiger partial charge in [-0.15, -0.1) is 0 Å². The molecule has 1 rings (SSSR count). The lowest BCUT2D eigenvalue weighted by Crippen LogP contribution is -2.42. The number of carbonyl (C=O) groups excluding carboxylic acids is 1. The van der Waals surface area contributed by atoms with Crippen LogP contribution >= 0.6 is 0 Å². The lowest BCUT2D eigenvalue weighted by molar-refractivity contribution is -0.142. The number of nitrogens with one attached hydrogen (secondary N) is 1. The van der Waals surface area contributed by atoms with Crippen molar-refractivity contribution in [2.75, 3.05) is 12.9 Å². The second-order valence-corrected chi connectivity index (χ2v) is 7.82. The summed E-state index contributed by atoms with van der Waals surface area (Å²) in [7, 11) is -2.22. The molecule has 0 saturated carbocycles. The first-order chi connectivity index (χ1) is 11.5. The molecule has 1 unspecified atom stereocenters. The largest absolute Gasteiger partial charge is 0.468 e. The van der Waals surface area contributed by atoms with E-state index in [-0.39, 0.29) is 5.75 Å². The van der Waals surface area contributed by atoms with Crippen LogP contribution in [0.2, 0.25) is 0 Å². The fraction of sp³-hybridized carbons (Fsp3) is 0.611. The second kappa shape index (κ2) is 11.2. The van der Waals surface area contributed by atoms with E-state index in [1.54, 1.807) is 0 Å². The van der Waals surface area contributed by atoms with Crippen molar-refractivity contribution < 1.29 is 17.9 Å². The van der Waals surface area contributed by atoms with Crippen LogP contribution in [0.3, 0.4) is 0 Å². The molecule has 24 heavy (non-hydrogen) atoms. The smallest absolute Gasteiger partial charge is 0.323 e. The normalized spacial score (nSPS) is 12.8. The molecule has 0 aliphatic rings. The highest BCUT2D eigenvalue weighted by Gasteiger charge is 2.24. The SMILES string of the molecule is CCCCCCC(NS(=O)(=O)CCCc1ccccc1)C(=O)OC. The fourth-order valence-corrected chi connectivity index (χ4v) is 3.82. The minimum Gasteiger partial charge on any atom is -0.468 e. The maximum Gasteiger partial charge on any atom is 0.323 e. The van der Waals surface area contributed by atoms with Gasteiger partial charge in [0.05, 0.1) is 12.9 Å². The van der Waals surface area contributed by atoms with Gasteiger partial charge < -0.3 is 4.74 Å². The first-order valence-electron chi connectivity index (χ1n) is 8.60. The lowest BCUT2D eigenvalue weighted by Gasteiger charge is -2.16. The number of aryl methyl sites for hydroxylation is 1. The highest BCUT2D eigenvalue weighted by Crippen LogP contribution is 2.09. The van der Waals surface area contributed by atoms with Crippen LogP contribution in [0.1, 0.15) is 51.0 Å². The number of methoxy groups -OCH3 is 1.